The fourth-order valence-corrected chi connectivity index (χ4v) is 5.28. The number of benzene rings is 1. The molecule has 1 fully saturated rings. The molecule has 1 aliphatic rings. The van der Waals surface area contributed by atoms with Gasteiger partial charge in [0.2, 0.25) is 0 Å². The third-order valence-corrected chi connectivity index (χ3v) is 7.30. The van der Waals surface area contributed by atoms with Gasteiger partial charge >= 0.3 is 0 Å². The van der Waals surface area contributed by atoms with Crippen molar-refractivity contribution in [3.8, 4) is 11.8 Å². The number of piperazine rings is 1. The van der Waals surface area contributed by atoms with Crippen LogP contribution < -0.4 is 15.2 Å². The van der Waals surface area contributed by atoms with Crippen LogP contribution >= 0.6 is 0 Å². The molecule has 3 aromatic rings. The molecule has 8 nitrogen and oxygen atoms in total. The van der Waals surface area contributed by atoms with Gasteiger partial charge in [0, 0.05) is 56.0 Å². The van der Waals surface area contributed by atoms with E-state index in [1.807, 2.05) is 6.07 Å². The van der Waals surface area contributed by atoms with Crippen LogP contribution in [0.4, 0.5) is 10.1 Å². The summed E-state index contributed by atoms with van der Waals surface area (Å²) in [5, 5.41) is 13.8. The van der Waals surface area contributed by atoms with Crippen molar-refractivity contribution in [2.45, 2.75) is 58.3 Å². The molecule has 186 valence electrons. The smallest absolute Gasteiger partial charge is 0.252 e. The number of pyridine rings is 1. The van der Waals surface area contributed by atoms with Gasteiger partial charge in [0.15, 0.2) is 0 Å². The summed E-state index contributed by atoms with van der Waals surface area (Å²) >= 11 is 0. The molecule has 2 aromatic heterocycles. The molecule has 3 atom stereocenters. The van der Waals surface area contributed by atoms with Gasteiger partial charge in [-0.3, -0.25) is 14.4 Å². The lowest BCUT2D eigenvalue weighted by atomic mass is 9.96. The average molecular weight is 481 g/mol. The fourth-order valence-electron chi connectivity index (χ4n) is 5.28. The minimum absolute atomic E-state index is 0.0326. The highest BCUT2D eigenvalue weighted by molar-refractivity contribution is 5.88. The molecule has 0 unspecified atom stereocenters. The lowest BCUT2D eigenvalue weighted by molar-refractivity contribution is 0.0997. The summed E-state index contributed by atoms with van der Waals surface area (Å²) in [7, 11) is 3.30. The van der Waals surface area contributed by atoms with Gasteiger partial charge in [-0.25, -0.2) is 4.39 Å². The van der Waals surface area contributed by atoms with Gasteiger partial charge in [-0.05, 0) is 25.8 Å². The maximum atomic E-state index is 13.8. The predicted molar refractivity (Wildman–Crippen MR) is 134 cm³/mol. The Morgan fingerprint density at radius 2 is 1.97 bits per heavy atom. The minimum atomic E-state index is -0.313. The molecule has 0 amide bonds. The van der Waals surface area contributed by atoms with Gasteiger partial charge in [0.25, 0.3) is 5.56 Å². The van der Waals surface area contributed by atoms with Gasteiger partial charge in [0.05, 0.1) is 30.6 Å². The number of nitriles is 1. The number of anilines is 1. The first kappa shape index (κ1) is 24.7. The Morgan fingerprint density at radius 1 is 1.23 bits per heavy atom. The average Bonchev–Trinajstić information content (AvgIpc) is 3.29. The molecule has 1 aliphatic heterocycles. The topological polar surface area (TPSA) is 79.3 Å². The van der Waals surface area contributed by atoms with Crippen LogP contribution in [0.15, 0.2) is 35.3 Å². The van der Waals surface area contributed by atoms with Crippen LogP contribution in [0, 0.1) is 17.1 Å². The van der Waals surface area contributed by atoms with Crippen molar-refractivity contribution in [1.29, 1.82) is 5.26 Å². The number of rotatable bonds is 7. The molecular formula is C26H33FN6O2. The minimum Gasteiger partial charge on any atom is -0.496 e. The summed E-state index contributed by atoms with van der Waals surface area (Å²) in [6.45, 7) is 8.10. The Hall–Kier alpha value is -3.38. The Bertz CT molecular complexity index is 1310. The number of hydrogen-bond acceptors (Lipinski definition) is 6. The second kappa shape index (κ2) is 10.1. The van der Waals surface area contributed by atoms with E-state index in [-0.39, 0.29) is 36.0 Å². The number of aryl methyl sites for hydroxylation is 1. The summed E-state index contributed by atoms with van der Waals surface area (Å²) < 4.78 is 22.5. The number of ether oxygens (including phenoxy) is 1. The van der Waals surface area contributed by atoms with Crippen LogP contribution in [-0.2, 0) is 13.6 Å². The van der Waals surface area contributed by atoms with Crippen LogP contribution in [0.25, 0.3) is 11.0 Å². The van der Waals surface area contributed by atoms with E-state index in [9.17, 15) is 9.18 Å². The van der Waals surface area contributed by atoms with Gasteiger partial charge in [-0.1, -0.05) is 19.9 Å². The third-order valence-electron chi connectivity index (χ3n) is 7.30. The molecule has 0 N–H and O–H groups in total. The summed E-state index contributed by atoms with van der Waals surface area (Å²) in [6.07, 6.45) is 3.56. The first-order valence-corrected chi connectivity index (χ1v) is 12.1. The number of aromatic nitrogens is 3. The van der Waals surface area contributed by atoms with Crippen LogP contribution in [0.3, 0.4) is 0 Å². The monoisotopic (exact) mass is 480 g/mol. The normalized spacial score (nSPS) is 19.6. The van der Waals surface area contributed by atoms with Gasteiger partial charge in [-0.15, -0.1) is 0 Å². The van der Waals surface area contributed by atoms with Crippen molar-refractivity contribution < 1.29 is 9.13 Å². The number of methoxy groups -OCH3 is 1. The first-order chi connectivity index (χ1) is 16.8. The summed E-state index contributed by atoms with van der Waals surface area (Å²) in [5.74, 6) is 0.241. The Kier molecular flexibility index (Phi) is 7.13. The summed E-state index contributed by atoms with van der Waals surface area (Å²) in [5.41, 5.74) is 3.13. The molecule has 0 saturated carbocycles. The van der Waals surface area contributed by atoms with Crippen molar-refractivity contribution in [2.75, 3.05) is 25.1 Å². The number of hydrogen-bond donors (Lipinski definition) is 0. The standard InChI is InChI=1S/C26H33FN6O2/c1-6-19-15-33(22-13-25(34)30(4)23-16-31(11-10-28)29-26(22)23)20(7-2)14-32(19)17(3)21-9-8-18(27)12-24(21)35-5/h8-9,12-13,16-17,19-20H,6-7,11,14-15H2,1-5H3/t17-,19-,20+/m1/s1. The second-order valence-corrected chi connectivity index (χ2v) is 9.18. The summed E-state index contributed by atoms with van der Waals surface area (Å²) in [6, 6.07) is 8.92. The van der Waals surface area contributed by atoms with Crippen molar-refractivity contribution in [3.63, 3.8) is 0 Å². The molecule has 0 radical (unpaired) electrons. The molecule has 0 aliphatic carbocycles. The van der Waals surface area contributed by atoms with Crippen molar-refractivity contribution in [2.24, 2.45) is 7.05 Å². The van der Waals surface area contributed by atoms with E-state index in [4.69, 9.17) is 10.00 Å². The summed E-state index contributed by atoms with van der Waals surface area (Å²) in [4.78, 5) is 17.6. The highest BCUT2D eigenvalue weighted by Crippen LogP contribution is 2.37. The molecule has 0 bridgehead atoms. The zero-order valence-corrected chi connectivity index (χ0v) is 21.0. The Labute approximate surface area is 205 Å². The van der Waals surface area contributed by atoms with Gasteiger partial charge in [-0.2, -0.15) is 10.4 Å². The van der Waals surface area contributed by atoms with E-state index in [1.165, 1.54) is 12.1 Å². The zero-order valence-electron chi connectivity index (χ0n) is 21.0. The maximum Gasteiger partial charge on any atom is 0.252 e. The lowest BCUT2D eigenvalue weighted by Gasteiger charge is -2.49. The highest BCUT2D eigenvalue weighted by Gasteiger charge is 2.37. The van der Waals surface area contributed by atoms with E-state index in [0.29, 0.717) is 5.75 Å². The highest BCUT2D eigenvalue weighted by atomic mass is 19.1. The number of nitrogens with zero attached hydrogens (tertiary/aromatic N) is 6. The first-order valence-electron chi connectivity index (χ1n) is 12.1. The van der Waals surface area contributed by atoms with Crippen LogP contribution in [-0.4, -0.2) is 51.5 Å². The lowest BCUT2D eigenvalue weighted by Crippen LogP contribution is -2.58. The fraction of sp³-hybridized carbons (Fsp3) is 0.500. The van der Waals surface area contributed by atoms with E-state index in [0.717, 1.165) is 48.2 Å². The molecule has 1 aromatic carbocycles. The number of halogens is 1. The quantitative estimate of drug-likeness (QED) is 0.511. The Balaban J connectivity index is 1.73. The predicted octanol–water partition coefficient (Wildman–Crippen LogP) is 3.85. The largest absolute Gasteiger partial charge is 0.496 e. The van der Waals surface area contributed by atoms with E-state index < -0.39 is 0 Å². The van der Waals surface area contributed by atoms with Crippen LogP contribution in [0.1, 0.15) is 45.2 Å². The van der Waals surface area contributed by atoms with Crippen molar-refractivity contribution in [1.82, 2.24) is 19.2 Å². The molecule has 3 heterocycles. The van der Waals surface area contributed by atoms with E-state index in [2.05, 4.69) is 41.7 Å². The van der Waals surface area contributed by atoms with E-state index in [1.54, 1.807) is 35.7 Å². The third kappa shape index (κ3) is 4.50. The number of fused-ring (bicyclic) bond motifs is 1. The Morgan fingerprint density at radius 3 is 2.63 bits per heavy atom. The molecule has 0 spiro atoms. The molecule has 1 saturated heterocycles. The maximum absolute atomic E-state index is 13.8. The molecule has 4 rings (SSSR count). The van der Waals surface area contributed by atoms with E-state index >= 15 is 0 Å². The van der Waals surface area contributed by atoms with Crippen molar-refractivity contribution in [3.05, 3.63) is 52.2 Å². The SMILES string of the molecule is CC[C@H]1CN([C@H](C)c2ccc(F)cc2OC)[C@H](CC)CN1c1cc(=O)n(C)c2cn(CC#N)nc12. The molecular weight excluding hydrogens is 447 g/mol. The van der Waals surface area contributed by atoms with Gasteiger partial charge in [0.1, 0.15) is 23.6 Å². The second-order valence-electron chi connectivity index (χ2n) is 9.18. The van der Waals surface area contributed by atoms with Crippen LogP contribution in [0.2, 0.25) is 0 Å². The van der Waals surface area contributed by atoms with Crippen LogP contribution in [0.5, 0.6) is 5.75 Å². The van der Waals surface area contributed by atoms with Gasteiger partial charge < -0.3 is 14.2 Å². The molecule has 35 heavy (non-hydrogen) atoms. The molecule has 9 heteroatoms. The zero-order chi connectivity index (χ0) is 25.3. The van der Waals surface area contributed by atoms with Crippen molar-refractivity contribution >= 4 is 16.7 Å².